The van der Waals surface area contributed by atoms with Crippen LogP contribution in [0.25, 0.3) is 0 Å². The molecule has 0 radical (unpaired) electrons. The van der Waals surface area contributed by atoms with Crippen LogP contribution < -0.4 is 0 Å². The lowest BCUT2D eigenvalue weighted by Gasteiger charge is -2.23. The zero-order valence-corrected chi connectivity index (χ0v) is 12.9. The molecule has 2 aromatic rings. The molecular weight excluding hydrogens is 286 g/mol. The Morgan fingerprint density at radius 2 is 2.43 bits per heavy atom. The second-order valence-corrected chi connectivity index (χ2v) is 6.18. The van der Waals surface area contributed by atoms with E-state index in [1.165, 1.54) is 0 Å². The number of methoxy groups -OCH3 is 1. The second kappa shape index (κ2) is 6.41. The smallest absolute Gasteiger partial charge is 0.227 e. The maximum atomic E-state index is 12.6. The number of carbonyl (C=O) groups excluding carboxylic acids is 1. The Morgan fingerprint density at radius 1 is 1.52 bits per heavy atom. The monoisotopic (exact) mass is 305 g/mol. The lowest BCUT2D eigenvalue weighted by molar-refractivity contribution is -0.131. The second-order valence-electron chi connectivity index (χ2n) is 5.40. The van der Waals surface area contributed by atoms with E-state index in [0.29, 0.717) is 25.5 Å². The molecular formula is C15H19N3O2S. The van der Waals surface area contributed by atoms with E-state index in [1.807, 2.05) is 27.9 Å². The van der Waals surface area contributed by atoms with Gasteiger partial charge in [0.2, 0.25) is 5.91 Å². The van der Waals surface area contributed by atoms with E-state index in [4.69, 9.17) is 4.74 Å². The fraction of sp³-hybridized carbons (Fsp3) is 0.467. The maximum Gasteiger partial charge on any atom is 0.227 e. The van der Waals surface area contributed by atoms with Crippen LogP contribution in [-0.4, -0.2) is 40.6 Å². The van der Waals surface area contributed by atoms with Gasteiger partial charge in [0.25, 0.3) is 0 Å². The Labute approximate surface area is 128 Å². The molecule has 3 rings (SSSR count). The van der Waals surface area contributed by atoms with Gasteiger partial charge in [-0.15, -0.1) is 0 Å². The molecule has 1 aliphatic rings. The van der Waals surface area contributed by atoms with Gasteiger partial charge in [0.15, 0.2) is 0 Å². The number of fused-ring (bicyclic) bond motifs is 1. The third-order valence-corrected chi connectivity index (χ3v) is 4.49. The molecule has 2 aromatic heterocycles. The average molecular weight is 305 g/mol. The van der Waals surface area contributed by atoms with Crippen LogP contribution in [0.2, 0.25) is 0 Å². The summed E-state index contributed by atoms with van der Waals surface area (Å²) in [6, 6.07) is 2.01. The molecule has 0 saturated heterocycles. The largest absolute Gasteiger partial charge is 0.384 e. The Balaban J connectivity index is 1.75. The number of thiophene rings is 1. The van der Waals surface area contributed by atoms with E-state index in [-0.39, 0.29) is 5.91 Å². The molecule has 0 spiro atoms. The number of ether oxygens (including phenoxy) is 1. The first-order valence-electron chi connectivity index (χ1n) is 7.04. The topological polar surface area (TPSA) is 47.4 Å². The standard InChI is InChI=1S/C15H19N3O2S/c1-20-10-13-7-17-4-3-16-14(17)9-18(8-13)15(19)6-12-2-5-21-11-12/h2-5,11,13H,6-10H2,1H3/t13-/m0/s1. The Kier molecular flexibility index (Phi) is 4.36. The molecule has 0 unspecified atom stereocenters. The van der Waals surface area contributed by atoms with Crippen LogP contribution in [0.15, 0.2) is 29.2 Å². The van der Waals surface area contributed by atoms with Crippen molar-refractivity contribution in [1.82, 2.24) is 14.5 Å². The summed E-state index contributed by atoms with van der Waals surface area (Å²) in [6.07, 6.45) is 4.24. The van der Waals surface area contributed by atoms with Crippen LogP contribution in [0.4, 0.5) is 0 Å². The minimum atomic E-state index is 0.158. The van der Waals surface area contributed by atoms with Crippen molar-refractivity contribution in [3.05, 3.63) is 40.6 Å². The summed E-state index contributed by atoms with van der Waals surface area (Å²) in [7, 11) is 1.71. The Bertz CT molecular complexity index is 594. The van der Waals surface area contributed by atoms with Crippen LogP contribution in [0, 0.1) is 5.92 Å². The number of imidazole rings is 1. The SMILES string of the molecule is COC[C@@H]1CN(C(=O)Cc2ccsc2)Cc2nccn2C1. The number of amides is 1. The molecule has 1 amide bonds. The van der Waals surface area contributed by atoms with Gasteiger partial charge in [-0.25, -0.2) is 4.98 Å². The fourth-order valence-electron chi connectivity index (χ4n) is 2.75. The quantitative estimate of drug-likeness (QED) is 0.865. The minimum absolute atomic E-state index is 0.158. The van der Waals surface area contributed by atoms with Crippen molar-refractivity contribution in [2.24, 2.45) is 5.92 Å². The highest BCUT2D eigenvalue weighted by Crippen LogP contribution is 2.17. The summed E-state index contributed by atoms with van der Waals surface area (Å²) in [5.41, 5.74) is 1.08. The van der Waals surface area contributed by atoms with Crippen molar-refractivity contribution in [2.45, 2.75) is 19.5 Å². The highest BCUT2D eigenvalue weighted by atomic mass is 32.1. The lowest BCUT2D eigenvalue weighted by atomic mass is 10.1. The van der Waals surface area contributed by atoms with E-state index in [2.05, 4.69) is 9.55 Å². The predicted molar refractivity (Wildman–Crippen MR) is 81.0 cm³/mol. The molecule has 0 bridgehead atoms. The van der Waals surface area contributed by atoms with Crippen molar-refractivity contribution in [3.63, 3.8) is 0 Å². The normalized spacial score (nSPS) is 18.3. The van der Waals surface area contributed by atoms with Gasteiger partial charge in [0.05, 0.1) is 19.6 Å². The number of hydrogen-bond donors (Lipinski definition) is 0. The van der Waals surface area contributed by atoms with Crippen molar-refractivity contribution in [3.8, 4) is 0 Å². The third-order valence-electron chi connectivity index (χ3n) is 3.76. The van der Waals surface area contributed by atoms with Gasteiger partial charge in [-0.05, 0) is 22.4 Å². The summed E-state index contributed by atoms with van der Waals surface area (Å²) in [5.74, 6) is 1.41. The average Bonchev–Trinajstić information content (AvgIpc) is 3.08. The summed E-state index contributed by atoms with van der Waals surface area (Å²) in [5, 5.41) is 4.04. The van der Waals surface area contributed by atoms with E-state index in [9.17, 15) is 4.79 Å². The number of rotatable bonds is 4. The van der Waals surface area contributed by atoms with Gasteiger partial charge < -0.3 is 14.2 Å². The first-order valence-corrected chi connectivity index (χ1v) is 7.98. The first-order chi connectivity index (χ1) is 10.3. The van der Waals surface area contributed by atoms with Gasteiger partial charge in [0, 0.05) is 38.5 Å². The molecule has 0 N–H and O–H groups in total. The van der Waals surface area contributed by atoms with Gasteiger partial charge >= 0.3 is 0 Å². The zero-order valence-electron chi connectivity index (χ0n) is 12.1. The van der Waals surface area contributed by atoms with Crippen LogP contribution in [0.1, 0.15) is 11.4 Å². The van der Waals surface area contributed by atoms with Gasteiger partial charge in [-0.3, -0.25) is 4.79 Å². The molecule has 6 heteroatoms. The molecule has 0 aliphatic carbocycles. The van der Waals surface area contributed by atoms with Crippen LogP contribution in [0.5, 0.6) is 0 Å². The molecule has 3 heterocycles. The highest BCUT2D eigenvalue weighted by molar-refractivity contribution is 7.07. The van der Waals surface area contributed by atoms with Gasteiger partial charge in [-0.1, -0.05) is 0 Å². The van der Waals surface area contributed by atoms with Crippen molar-refractivity contribution >= 4 is 17.2 Å². The summed E-state index contributed by atoms with van der Waals surface area (Å²) >= 11 is 1.62. The molecule has 0 saturated carbocycles. The molecule has 112 valence electrons. The van der Waals surface area contributed by atoms with Crippen LogP contribution in [0.3, 0.4) is 0 Å². The van der Waals surface area contributed by atoms with Crippen molar-refractivity contribution in [2.75, 3.05) is 20.3 Å². The molecule has 1 atom stereocenters. The Morgan fingerprint density at radius 3 is 3.19 bits per heavy atom. The van der Waals surface area contributed by atoms with Gasteiger partial charge in [0.1, 0.15) is 5.82 Å². The molecule has 5 nitrogen and oxygen atoms in total. The number of hydrogen-bond acceptors (Lipinski definition) is 4. The van der Waals surface area contributed by atoms with Crippen LogP contribution in [-0.2, 0) is 29.0 Å². The minimum Gasteiger partial charge on any atom is -0.384 e. The highest BCUT2D eigenvalue weighted by Gasteiger charge is 2.25. The van der Waals surface area contributed by atoms with Crippen molar-refractivity contribution in [1.29, 1.82) is 0 Å². The number of nitrogens with zero attached hydrogens (tertiary/aromatic N) is 3. The first kappa shape index (κ1) is 14.3. The lowest BCUT2D eigenvalue weighted by Crippen LogP contribution is -2.36. The maximum absolute atomic E-state index is 12.6. The van der Waals surface area contributed by atoms with Gasteiger partial charge in [-0.2, -0.15) is 11.3 Å². The summed E-state index contributed by atoms with van der Waals surface area (Å²) in [6.45, 7) is 2.81. The number of aromatic nitrogens is 2. The fourth-order valence-corrected chi connectivity index (χ4v) is 3.42. The van der Waals surface area contributed by atoms with E-state index in [1.54, 1.807) is 24.6 Å². The Hall–Kier alpha value is -1.66. The summed E-state index contributed by atoms with van der Waals surface area (Å²) < 4.78 is 7.42. The third kappa shape index (κ3) is 3.33. The van der Waals surface area contributed by atoms with E-state index < -0.39 is 0 Å². The van der Waals surface area contributed by atoms with Crippen LogP contribution >= 0.6 is 11.3 Å². The molecule has 0 fully saturated rings. The summed E-state index contributed by atoms with van der Waals surface area (Å²) in [4.78, 5) is 18.8. The molecule has 0 aromatic carbocycles. The molecule has 21 heavy (non-hydrogen) atoms. The van der Waals surface area contributed by atoms with Crippen molar-refractivity contribution < 1.29 is 9.53 Å². The van der Waals surface area contributed by atoms with E-state index >= 15 is 0 Å². The number of carbonyl (C=O) groups is 1. The predicted octanol–water partition coefficient (Wildman–Crippen LogP) is 1.79. The zero-order chi connectivity index (χ0) is 14.7. The van der Waals surface area contributed by atoms with E-state index in [0.717, 1.165) is 24.5 Å². The molecule has 1 aliphatic heterocycles.